The number of nitrogens with zero attached hydrogens (tertiary/aromatic N) is 1. The maximum absolute atomic E-state index is 6.39. The topological polar surface area (TPSA) is 14.2 Å². The van der Waals surface area contributed by atoms with Crippen molar-refractivity contribution < 1.29 is 4.74 Å². The number of para-hydroxylation sites is 2. The van der Waals surface area contributed by atoms with Crippen LogP contribution in [0, 0.1) is 0 Å². The van der Waals surface area contributed by atoms with Crippen molar-refractivity contribution in [3.63, 3.8) is 0 Å². The van der Waals surface area contributed by atoms with Crippen molar-refractivity contribution in [1.82, 2.24) is 4.57 Å². The number of rotatable bonds is 3. The highest BCUT2D eigenvalue weighted by atomic mass is 16.5. The van der Waals surface area contributed by atoms with Crippen molar-refractivity contribution in [2.24, 2.45) is 0 Å². The average molecular weight is 590 g/mol. The molecular formula is C44H31NO. The molecule has 10 rings (SSSR count). The smallest absolute Gasteiger partial charge is 0.130 e. The van der Waals surface area contributed by atoms with Gasteiger partial charge in [-0.3, -0.25) is 0 Å². The quantitative estimate of drug-likeness (QED) is 0.200. The standard InChI is InChI=1S/C44H31NO/c1-2-12-34-28(9-1)19-20-29-21-22-32(26-37(29)34)30-10-7-11-31(25-30)33-23-24-40-38(27-33)35-13-3-5-15-39(35)45(40)41-16-8-18-43-44(41)36-14-4-6-17-42(36)46-43/h1-18,21-27,43-44H,19-20H2. The van der Waals surface area contributed by atoms with Crippen LogP contribution in [0.1, 0.15) is 22.6 Å². The normalized spacial score (nSPS) is 17.6. The van der Waals surface area contributed by atoms with E-state index in [-0.39, 0.29) is 12.0 Å². The number of ether oxygens (including phenoxy) is 1. The number of aromatic nitrogens is 1. The van der Waals surface area contributed by atoms with Gasteiger partial charge in [0.15, 0.2) is 0 Å². The van der Waals surface area contributed by atoms with Crippen LogP contribution in [0.2, 0.25) is 0 Å². The van der Waals surface area contributed by atoms with Crippen molar-refractivity contribution in [3.05, 3.63) is 168 Å². The SMILES string of the molecule is C1=CC2Oc3ccccc3C2C(n2c3ccccc3c3cc(-c4cccc(-c5ccc6c(c5)-c5ccccc5CC6)c4)ccc32)=C1. The Kier molecular flexibility index (Phi) is 5.56. The Labute approximate surface area is 268 Å². The van der Waals surface area contributed by atoms with E-state index in [9.17, 15) is 0 Å². The van der Waals surface area contributed by atoms with Crippen molar-refractivity contribution in [3.8, 4) is 39.1 Å². The zero-order valence-electron chi connectivity index (χ0n) is 25.4. The molecule has 0 N–H and O–H groups in total. The summed E-state index contributed by atoms with van der Waals surface area (Å²) in [6.45, 7) is 0. The molecule has 2 unspecified atom stereocenters. The van der Waals surface area contributed by atoms with E-state index < -0.39 is 0 Å². The molecule has 7 aromatic rings. The minimum absolute atomic E-state index is 0.00713. The van der Waals surface area contributed by atoms with E-state index in [1.54, 1.807) is 0 Å². The van der Waals surface area contributed by atoms with Gasteiger partial charge in [0.05, 0.1) is 17.0 Å². The molecule has 6 aromatic carbocycles. The van der Waals surface area contributed by atoms with Crippen molar-refractivity contribution >= 4 is 27.5 Å². The zero-order chi connectivity index (χ0) is 30.2. The Morgan fingerprint density at radius 3 is 2.20 bits per heavy atom. The van der Waals surface area contributed by atoms with Crippen LogP contribution in [-0.2, 0) is 12.8 Å². The molecule has 2 heterocycles. The molecule has 218 valence electrons. The minimum atomic E-state index is 0.00713. The lowest BCUT2D eigenvalue weighted by Gasteiger charge is -2.25. The predicted molar refractivity (Wildman–Crippen MR) is 190 cm³/mol. The van der Waals surface area contributed by atoms with Crippen LogP contribution in [-0.4, -0.2) is 10.7 Å². The van der Waals surface area contributed by atoms with Gasteiger partial charge in [0.25, 0.3) is 0 Å². The maximum atomic E-state index is 6.39. The van der Waals surface area contributed by atoms with Crippen LogP contribution < -0.4 is 4.74 Å². The van der Waals surface area contributed by atoms with Crippen LogP contribution in [0.25, 0.3) is 60.9 Å². The molecule has 2 nitrogen and oxygen atoms in total. The van der Waals surface area contributed by atoms with Gasteiger partial charge in [0.2, 0.25) is 0 Å². The summed E-state index contributed by atoms with van der Waals surface area (Å²) in [7, 11) is 0. The molecule has 2 atom stereocenters. The summed E-state index contributed by atoms with van der Waals surface area (Å²) in [6, 6.07) is 49.2. The van der Waals surface area contributed by atoms with Gasteiger partial charge < -0.3 is 9.30 Å². The third-order valence-electron chi connectivity index (χ3n) is 10.3. The molecular weight excluding hydrogens is 558 g/mol. The second-order valence-electron chi connectivity index (χ2n) is 12.8. The van der Waals surface area contributed by atoms with E-state index in [2.05, 4.69) is 156 Å². The fourth-order valence-electron chi connectivity index (χ4n) is 8.10. The second kappa shape index (κ2) is 9.95. The highest BCUT2D eigenvalue weighted by Gasteiger charge is 2.38. The van der Waals surface area contributed by atoms with Gasteiger partial charge in [-0.05, 0) is 106 Å². The summed E-state index contributed by atoms with van der Waals surface area (Å²) >= 11 is 0. The van der Waals surface area contributed by atoms with Crippen LogP contribution in [0.3, 0.4) is 0 Å². The van der Waals surface area contributed by atoms with E-state index >= 15 is 0 Å². The van der Waals surface area contributed by atoms with Crippen LogP contribution in [0.15, 0.2) is 152 Å². The molecule has 2 heteroatoms. The molecule has 0 saturated carbocycles. The third kappa shape index (κ3) is 3.83. The number of benzene rings is 6. The first-order valence-electron chi connectivity index (χ1n) is 16.3. The molecule has 0 bridgehead atoms. The van der Waals surface area contributed by atoms with E-state index in [1.807, 2.05) is 0 Å². The summed E-state index contributed by atoms with van der Waals surface area (Å²) in [5.41, 5.74) is 15.6. The minimum Gasteiger partial charge on any atom is -0.485 e. The first kappa shape index (κ1) is 25.7. The van der Waals surface area contributed by atoms with Crippen LogP contribution in [0.4, 0.5) is 0 Å². The predicted octanol–water partition coefficient (Wildman–Crippen LogP) is 10.8. The van der Waals surface area contributed by atoms with Crippen molar-refractivity contribution in [2.75, 3.05) is 0 Å². The molecule has 0 amide bonds. The molecule has 2 aliphatic carbocycles. The first-order chi connectivity index (χ1) is 22.8. The number of aryl methyl sites for hydroxylation is 2. The summed E-state index contributed by atoms with van der Waals surface area (Å²) < 4.78 is 8.86. The second-order valence-corrected chi connectivity index (χ2v) is 12.8. The lowest BCUT2D eigenvalue weighted by molar-refractivity contribution is 0.270. The third-order valence-corrected chi connectivity index (χ3v) is 10.3. The number of fused-ring (bicyclic) bond motifs is 9. The molecule has 0 fully saturated rings. The van der Waals surface area contributed by atoms with E-state index in [0.717, 1.165) is 18.6 Å². The van der Waals surface area contributed by atoms with Gasteiger partial charge in [-0.2, -0.15) is 0 Å². The highest BCUT2D eigenvalue weighted by Crippen LogP contribution is 2.48. The van der Waals surface area contributed by atoms with Crippen molar-refractivity contribution in [2.45, 2.75) is 24.9 Å². The van der Waals surface area contributed by atoms with Gasteiger partial charge in [-0.1, -0.05) is 103 Å². The van der Waals surface area contributed by atoms with Gasteiger partial charge >= 0.3 is 0 Å². The van der Waals surface area contributed by atoms with Gasteiger partial charge in [-0.15, -0.1) is 0 Å². The molecule has 46 heavy (non-hydrogen) atoms. The molecule has 1 aliphatic heterocycles. The average Bonchev–Trinajstić information content (AvgIpc) is 3.67. The Bertz CT molecular complexity index is 2420. The summed E-state index contributed by atoms with van der Waals surface area (Å²) in [4.78, 5) is 0. The molecule has 1 aromatic heterocycles. The molecule has 0 saturated heterocycles. The van der Waals surface area contributed by atoms with Gasteiger partial charge in [0.1, 0.15) is 11.9 Å². The summed E-state index contributed by atoms with van der Waals surface area (Å²) in [5.74, 6) is 1.14. The van der Waals surface area contributed by atoms with Crippen molar-refractivity contribution in [1.29, 1.82) is 0 Å². The van der Waals surface area contributed by atoms with Crippen LogP contribution in [0.5, 0.6) is 5.75 Å². The van der Waals surface area contributed by atoms with Crippen LogP contribution >= 0.6 is 0 Å². The first-order valence-corrected chi connectivity index (χ1v) is 16.3. The summed E-state index contributed by atoms with van der Waals surface area (Å²) in [6.07, 6.45) is 8.85. The Balaban J connectivity index is 1.09. The van der Waals surface area contributed by atoms with E-state index in [1.165, 1.54) is 77.6 Å². The Morgan fingerprint density at radius 1 is 0.543 bits per heavy atom. The van der Waals surface area contributed by atoms with Gasteiger partial charge in [-0.25, -0.2) is 0 Å². The molecule has 0 spiro atoms. The number of hydrogen-bond donors (Lipinski definition) is 0. The van der Waals surface area contributed by atoms with E-state index in [4.69, 9.17) is 4.74 Å². The number of allylic oxidation sites excluding steroid dienone is 2. The fraction of sp³-hybridized carbons (Fsp3) is 0.0909. The Hall–Kier alpha value is -5.60. The lowest BCUT2D eigenvalue weighted by Crippen LogP contribution is -2.21. The largest absolute Gasteiger partial charge is 0.485 e. The number of hydrogen-bond acceptors (Lipinski definition) is 1. The highest BCUT2D eigenvalue weighted by molar-refractivity contribution is 6.11. The molecule has 3 aliphatic rings. The summed E-state index contributed by atoms with van der Waals surface area (Å²) in [5, 5.41) is 2.53. The molecule has 0 radical (unpaired) electrons. The monoisotopic (exact) mass is 589 g/mol. The van der Waals surface area contributed by atoms with Gasteiger partial charge in [0, 0.05) is 22.0 Å². The van der Waals surface area contributed by atoms with E-state index in [0.29, 0.717) is 0 Å². The Morgan fingerprint density at radius 2 is 1.26 bits per heavy atom. The fourth-order valence-corrected chi connectivity index (χ4v) is 8.10. The zero-order valence-corrected chi connectivity index (χ0v) is 25.4. The lowest BCUT2D eigenvalue weighted by atomic mass is 9.84. The maximum Gasteiger partial charge on any atom is 0.130 e.